The molecule has 0 radical (unpaired) electrons. The van der Waals surface area contributed by atoms with Gasteiger partial charge in [-0.3, -0.25) is 9.36 Å². The van der Waals surface area contributed by atoms with Crippen LogP contribution >= 0.6 is 0 Å². The van der Waals surface area contributed by atoms with Gasteiger partial charge in [0.15, 0.2) is 5.82 Å². The Hall–Kier alpha value is -2.95. The largest absolute Gasteiger partial charge is 0.345 e. The van der Waals surface area contributed by atoms with Gasteiger partial charge in [0.1, 0.15) is 6.33 Å². The van der Waals surface area contributed by atoms with Crippen molar-refractivity contribution in [3.63, 3.8) is 0 Å². The minimum Gasteiger partial charge on any atom is -0.345 e. The van der Waals surface area contributed by atoms with Crippen LogP contribution in [0.15, 0.2) is 60.9 Å². The number of amides is 1. The zero-order chi connectivity index (χ0) is 15.4. The molecule has 22 heavy (non-hydrogen) atoms. The lowest BCUT2D eigenvalue weighted by Crippen LogP contribution is -2.24. The fourth-order valence-electron chi connectivity index (χ4n) is 2.23. The molecule has 0 saturated carbocycles. The third-order valence-corrected chi connectivity index (χ3v) is 3.34. The normalized spacial score (nSPS) is 10.4. The van der Waals surface area contributed by atoms with Crippen molar-refractivity contribution in [2.24, 2.45) is 0 Å². The summed E-state index contributed by atoms with van der Waals surface area (Å²) in [6, 6.07) is 17.3. The molecule has 0 aliphatic heterocycles. The molecule has 2 aromatic carbocycles. The highest BCUT2D eigenvalue weighted by Crippen LogP contribution is 2.09. The number of hydrogen-bond acceptors (Lipinski definition) is 3. The molecule has 3 rings (SSSR count). The summed E-state index contributed by atoms with van der Waals surface area (Å²) in [5, 5.41) is 10.9. The monoisotopic (exact) mass is 292 g/mol. The van der Waals surface area contributed by atoms with E-state index >= 15 is 0 Å². The van der Waals surface area contributed by atoms with Crippen LogP contribution in [0.5, 0.6) is 0 Å². The first-order valence-electron chi connectivity index (χ1n) is 7.03. The van der Waals surface area contributed by atoms with Crippen LogP contribution in [0.4, 0.5) is 0 Å². The van der Waals surface area contributed by atoms with E-state index in [0.717, 1.165) is 11.3 Å². The molecule has 0 bridgehead atoms. The van der Waals surface area contributed by atoms with Gasteiger partial charge in [0.05, 0.1) is 6.54 Å². The highest BCUT2D eigenvalue weighted by atomic mass is 16.1. The molecule has 1 N–H and O–H groups in total. The van der Waals surface area contributed by atoms with Gasteiger partial charge in [-0.25, -0.2) is 0 Å². The molecule has 0 aliphatic carbocycles. The lowest BCUT2D eigenvalue weighted by atomic mass is 10.1. The first-order chi connectivity index (χ1) is 10.7. The smallest absolute Gasteiger partial charge is 0.251 e. The first kappa shape index (κ1) is 14.0. The minimum absolute atomic E-state index is 0.119. The van der Waals surface area contributed by atoms with E-state index in [1.807, 2.05) is 60.0 Å². The number of nitrogens with one attached hydrogen (secondary N) is 1. The van der Waals surface area contributed by atoms with Crippen LogP contribution in [0.25, 0.3) is 5.69 Å². The second-order valence-electron chi connectivity index (χ2n) is 5.00. The van der Waals surface area contributed by atoms with Crippen LogP contribution in [0.2, 0.25) is 0 Å². The Kier molecular flexibility index (Phi) is 3.96. The molecule has 1 aromatic heterocycles. The SMILES string of the molecule is Cc1cccc(C(=O)NCc2nncn2-c2ccccc2)c1. The second-order valence-corrected chi connectivity index (χ2v) is 5.00. The van der Waals surface area contributed by atoms with Crippen molar-refractivity contribution in [1.82, 2.24) is 20.1 Å². The number of carbonyl (C=O) groups excluding carboxylic acids is 1. The van der Waals surface area contributed by atoms with E-state index in [2.05, 4.69) is 15.5 Å². The standard InChI is InChI=1S/C17H16N4O/c1-13-6-5-7-14(10-13)17(22)18-11-16-20-19-12-21(16)15-8-3-2-4-9-15/h2-10,12H,11H2,1H3,(H,18,22). The number of nitrogens with zero attached hydrogens (tertiary/aromatic N) is 3. The average molecular weight is 292 g/mol. The van der Waals surface area contributed by atoms with E-state index in [-0.39, 0.29) is 5.91 Å². The van der Waals surface area contributed by atoms with E-state index < -0.39 is 0 Å². The van der Waals surface area contributed by atoms with E-state index in [1.54, 1.807) is 12.4 Å². The molecule has 5 nitrogen and oxygen atoms in total. The Bertz CT molecular complexity index is 780. The van der Waals surface area contributed by atoms with Gasteiger partial charge in [0.25, 0.3) is 5.91 Å². The van der Waals surface area contributed by atoms with E-state index in [1.165, 1.54) is 0 Å². The number of para-hydroxylation sites is 1. The van der Waals surface area contributed by atoms with Gasteiger partial charge < -0.3 is 5.32 Å². The molecule has 1 heterocycles. The summed E-state index contributed by atoms with van der Waals surface area (Å²) in [5.41, 5.74) is 2.66. The Labute approximate surface area is 128 Å². The van der Waals surface area contributed by atoms with Gasteiger partial charge in [-0.2, -0.15) is 0 Å². The number of benzene rings is 2. The minimum atomic E-state index is -0.119. The fraction of sp³-hybridized carbons (Fsp3) is 0.118. The molecule has 5 heteroatoms. The zero-order valence-electron chi connectivity index (χ0n) is 12.2. The van der Waals surface area contributed by atoms with E-state index in [4.69, 9.17) is 0 Å². The first-order valence-corrected chi connectivity index (χ1v) is 7.03. The highest BCUT2D eigenvalue weighted by molar-refractivity contribution is 5.94. The summed E-state index contributed by atoms with van der Waals surface area (Å²) in [4.78, 5) is 12.2. The van der Waals surface area contributed by atoms with Gasteiger partial charge in [0.2, 0.25) is 0 Å². The van der Waals surface area contributed by atoms with Crippen LogP contribution in [0.3, 0.4) is 0 Å². The van der Waals surface area contributed by atoms with Gasteiger partial charge in [-0.1, -0.05) is 35.9 Å². The number of carbonyl (C=O) groups is 1. The summed E-state index contributed by atoms with van der Waals surface area (Å²) in [5.74, 6) is 0.568. The summed E-state index contributed by atoms with van der Waals surface area (Å²) in [6.07, 6.45) is 1.64. The van der Waals surface area contributed by atoms with Crippen molar-refractivity contribution in [2.45, 2.75) is 13.5 Å². The topological polar surface area (TPSA) is 59.8 Å². The van der Waals surface area contributed by atoms with Crippen LogP contribution in [0, 0.1) is 6.92 Å². The molecular formula is C17H16N4O. The average Bonchev–Trinajstić information content (AvgIpc) is 3.02. The predicted octanol–water partition coefficient (Wildman–Crippen LogP) is 2.51. The Morgan fingerprint density at radius 1 is 1.14 bits per heavy atom. The molecule has 110 valence electrons. The third kappa shape index (κ3) is 3.03. The predicted molar refractivity (Wildman–Crippen MR) is 83.7 cm³/mol. The van der Waals surface area contributed by atoms with Crippen molar-refractivity contribution >= 4 is 5.91 Å². The third-order valence-electron chi connectivity index (χ3n) is 3.34. The van der Waals surface area contributed by atoms with Gasteiger partial charge in [-0.05, 0) is 31.2 Å². The van der Waals surface area contributed by atoms with Crippen molar-refractivity contribution in [2.75, 3.05) is 0 Å². The van der Waals surface area contributed by atoms with Crippen LogP contribution in [0.1, 0.15) is 21.7 Å². The zero-order valence-corrected chi connectivity index (χ0v) is 12.2. The molecule has 1 amide bonds. The summed E-state index contributed by atoms with van der Waals surface area (Å²) in [6.45, 7) is 2.28. The second kappa shape index (κ2) is 6.22. The summed E-state index contributed by atoms with van der Waals surface area (Å²) in [7, 11) is 0. The van der Waals surface area contributed by atoms with E-state index in [9.17, 15) is 4.79 Å². The number of hydrogen-bond donors (Lipinski definition) is 1. The van der Waals surface area contributed by atoms with Gasteiger partial charge in [-0.15, -0.1) is 10.2 Å². The Morgan fingerprint density at radius 3 is 2.73 bits per heavy atom. The quantitative estimate of drug-likeness (QED) is 0.803. The molecule has 0 saturated heterocycles. The molecule has 0 aliphatic rings. The molecule has 3 aromatic rings. The lowest BCUT2D eigenvalue weighted by Gasteiger charge is -2.08. The summed E-state index contributed by atoms with van der Waals surface area (Å²) < 4.78 is 1.86. The molecule has 0 atom stereocenters. The van der Waals surface area contributed by atoms with Crippen LogP contribution in [-0.4, -0.2) is 20.7 Å². The number of aryl methyl sites for hydroxylation is 1. The molecule has 0 fully saturated rings. The maximum Gasteiger partial charge on any atom is 0.251 e. The van der Waals surface area contributed by atoms with Crippen molar-refractivity contribution in [3.05, 3.63) is 77.9 Å². The molecular weight excluding hydrogens is 276 g/mol. The van der Waals surface area contributed by atoms with Gasteiger partial charge in [0, 0.05) is 11.3 Å². The Morgan fingerprint density at radius 2 is 1.95 bits per heavy atom. The van der Waals surface area contributed by atoms with Gasteiger partial charge >= 0.3 is 0 Å². The highest BCUT2D eigenvalue weighted by Gasteiger charge is 2.09. The van der Waals surface area contributed by atoms with Crippen molar-refractivity contribution < 1.29 is 4.79 Å². The maximum absolute atomic E-state index is 12.2. The Balaban J connectivity index is 1.73. The maximum atomic E-state index is 12.2. The van der Waals surface area contributed by atoms with Crippen LogP contribution in [-0.2, 0) is 6.54 Å². The number of aromatic nitrogens is 3. The fourth-order valence-corrected chi connectivity index (χ4v) is 2.23. The number of rotatable bonds is 4. The van der Waals surface area contributed by atoms with E-state index in [0.29, 0.717) is 17.9 Å². The molecule has 0 unspecified atom stereocenters. The van der Waals surface area contributed by atoms with Crippen LogP contribution < -0.4 is 5.32 Å². The molecule has 0 spiro atoms. The van der Waals surface area contributed by atoms with Crippen molar-refractivity contribution in [1.29, 1.82) is 0 Å². The van der Waals surface area contributed by atoms with Crippen molar-refractivity contribution in [3.8, 4) is 5.69 Å². The lowest BCUT2D eigenvalue weighted by molar-refractivity contribution is 0.0949. The summed E-state index contributed by atoms with van der Waals surface area (Å²) >= 11 is 0.